The van der Waals surface area contributed by atoms with E-state index in [0.717, 1.165) is 0 Å². The molecule has 2 N–H and O–H groups in total. The molecular weight excluding hydrogens is 248 g/mol. The lowest BCUT2D eigenvalue weighted by Gasteiger charge is -2.32. The molecule has 0 saturated carbocycles. The molecule has 2 unspecified atom stereocenters. The molecule has 0 aromatic heterocycles. The van der Waals surface area contributed by atoms with Gasteiger partial charge in [0.1, 0.15) is 5.60 Å². The summed E-state index contributed by atoms with van der Waals surface area (Å²) in [5.74, 6) is -0.361. The van der Waals surface area contributed by atoms with Gasteiger partial charge in [-0.3, -0.25) is 4.79 Å². The average molecular weight is 272 g/mol. The number of ether oxygens (including phenoxy) is 2. The minimum atomic E-state index is -0.746. The number of carbonyl (C=O) groups excluding carboxylic acids is 2. The molecule has 1 rings (SSSR count). The van der Waals surface area contributed by atoms with Gasteiger partial charge in [-0.25, -0.2) is 4.79 Å². The van der Waals surface area contributed by atoms with Gasteiger partial charge in [0.15, 0.2) is 0 Å². The van der Waals surface area contributed by atoms with Crippen LogP contribution in [-0.4, -0.2) is 47.8 Å². The van der Waals surface area contributed by atoms with Crippen LogP contribution < -0.4 is 5.73 Å². The molecule has 1 fully saturated rings. The fourth-order valence-corrected chi connectivity index (χ4v) is 2.19. The van der Waals surface area contributed by atoms with Crippen LogP contribution in [0.2, 0.25) is 0 Å². The van der Waals surface area contributed by atoms with Crippen LogP contribution in [0.5, 0.6) is 0 Å². The predicted molar refractivity (Wildman–Crippen MR) is 70.6 cm³/mol. The van der Waals surface area contributed by atoms with Gasteiger partial charge in [0.2, 0.25) is 0 Å². The van der Waals surface area contributed by atoms with Gasteiger partial charge in [-0.05, 0) is 34.1 Å². The summed E-state index contributed by atoms with van der Waals surface area (Å²) in [6.45, 7) is 7.77. The monoisotopic (exact) mass is 272 g/mol. The molecule has 1 amide bonds. The summed E-state index contributed by atoms with van der Waals surface area (Å²) >= 11 is 0. The first-order valence-electron chi connectivity index (χ1n) is 6.44. The summed E-state index contributed by atoms with van der Waals surface area (Å²) in [6, 6.07) is -0.263. The highest BCUT2D eigenvalue weighted by molar-refractivity contribution is 5.73. The Kier molecular flexibility index (Phi) is 4.45. The van der Waals surface area contributed by atoms with Crippen LogP contribution in [0.15, 0.2) is 0 Å². The quantitative estimate of drug-likeness (QED) is 0.766. The number of hydrogen-bond acceptors (Lipinski definition) is 5. The van der Waals surface area contributed by atoms with Gasteiger partial charge in [0.05, 0.1) is 19.6 Å². The van der Waals surface area contributed by atoms with Crippen LogP contribution in [-0.2, 0) is 14.3 Å². The van der Waals surface area contributed by atoms with E-state index in [1.807, 2.05) is 27.7 Å². The van der Waals surface area contributed by atoms with E-state index >= 15 is 0 Å². The van der Waals surface area contributed by atoms with Crippen LogP contribution in [0.4, 0.5) is 4.79 Å². The summed E-state index contributed by atoms with van der Waals surface area (Å²) in [4.78, 5) is 25.0. The van der Waals surface area contributed by atoms with Gasteiger partial charge in [0.25, 0.3) is 0 Å². The van der Waals surface area contributed by atoms with E-state index in [1.165, 1.54) is 7.11 Å². The number of methoxy groups -OCH3 is 1. The minimum Gasteiger partial charge on any atom is -0.469 e. The van der Waals surface area contributed by atoms with Crippen LogP contribution in [0.3, 0.4) is 0 Å². The highest BCUT2D eigenvalue weighted by Gasteiger charge is 2.46. The Morgan fingerprint density at radius 3 is 2.47 bits per heavy atom. The second-order valence-electron chi connectivity index (χ2n) is 6.09. The molecule has 19 heavy (non-hydrogen) atoms. The Morgan fingerprint density at radius 1 is 1.42 bits per heavy atom. The second kappa shape index (κ2) is 5.36. The van der Waals surface area contributed by atoms with E-state index in [4.69, 9.17) is 10.5 Å². The molecule has 1 aliphatic heterocycles. The fourth-order valence-electron chi connectivity index (χ4n) is 2.19. The van der Waals surface area contributed by atoms with Crippen LogP contribution in [0.1, 0.15) is 40.5 Å². The average Bonchev–Trinajstić information content (AvgIpc) is 2.53. The van der Waals surface area contributed by atoms with Crippen molar-refractivity contribution in [2.75, 3.05) is 13.7 Å². The zero-order valence-corrected chi connectivity index (χ0v) is 12.4. The highest BCUT2D eigenvalue weighted by atomic mass is 16.6. The lowest BCUT2D eigenvalue weighted by Crippen LogP contribution is -2.53. The summed E-state index contributed by atoms with van der Waals surface area (Å²) in [6.07, 6.45) is 0.268. The summed E-state index contributed by atoms with van der Waals surface area (Å²) < 4.78 is 9.98. The van der Waals surface area contributed by atoms with E-state index in [1.54, 1.807) is 4.90 Å². The SMILES string of the molecule is COC(=O)CC1(N)CCN(C(=O)OC(C)(C)C)C1C. The van der Waals surface area contributed by atoms with Gasteiger partial charge in [-0.1, -0.05) is 0 Å². The summed E-state index contributed by atoms with van der Waals surface area (Å²) in [5, 5.41) is 0. The second-order valence-corrected chi connectivity index (χ2v) is 6.09. The standard InChI is InChI=1S/C13H24N2O4/c1-9-13(14,8-10(16)18-5)6-7-15(9)11(17)19-12(2,3)4/h9H,6-8,14H2,1-5H3. The Labute approximate surface area is 114 Å². The first-order chi connectivity index (χ1) is 8.59. The van der Waals surface area contributed by atoms with Crippen molar-refractivity contribution in [1.29, 1.82) is 0 Å². The number of hydrogen-bond donors (Lipinski definition) is 1. The molecule has 0 bridgehead atoms. The smallest absolute Gasteiger partial charge is 0.410 e. The molecule has 0 radical (unpaired) electrons. The normalized spacial score (nSPS) is 27.3. The third-order valence-electron chi connectivity index (χ3n) is 3.45. The highest BCUT2D eigenvalue weighted by Crippen LogP contribution is 2.30. The number of carbonyl (C=O) groups is 2. The van der Waals surface area contributed by atoms with E-state index < -0.39 is 17.2 Å². The maximum absolute atomic E-state index is 12.0. The molecule has 1 aliphatic rings. The van der Waals surface area contributed by atoms with Crippen LogP contribution in [0, 0.1) is 0 Å². The van der Waals surface area contributed by atoms with Crippen molar-refractivity contribution in [2.24, 2.45) is 5.73 Å². The predicted octanol–water partition coefficient (Wildman–Crippen LogP) is 1.28. The van der Waals surface area contributed by atoms with E-state index in [0.29, 0.717) is 13.0 Å². The molecule has 6 nitrogen and oxygen atoms in total. The largest absolute Gasteiger partial charge is 0.469 e. The molecule has 0 spiro atoms. The molecule has 6 heteroatoms. The van der Waals surface area contributed by atoms with Gasteiger partial charge in [-0.15, -0.1) is 0 Å². The van der Waals surface area contributed by atoms with Crippen LogP contribution >= 0.6 is 0 Å². The number of nitrogens with zero attached hydrogens (tertiary/aromatic N) is 1. The number of nitrogens with two attached hydrogens (primary N) is 1. The molecule has 0 aromatic carbocycles. The van der Waals surface area contributed by atoms with E-state index in [-0.39, 0.29) is 18.4 Å². The lowest BCUT2D eigenvalue weighted by molar-refractivity contribution is -0.142. The van der Waals surface area contributed by atoms with Gasteiger partial charge < -0.3 is 20.1 Å². The minimum absolute atomic E-state index is 0.101. The molecule has 0 aliphatic carbocycles. The first-order valence-corrected chi connectivity index (χ1v) is 6.44. The number of amides is 1. The molecule has 2 atom stereocenters. The summed E-state index contributed by atoms with van der Waals surface area (Å²) in [5.41, 5.74) is 4.93. The molecule has 110 valence electrons. The Balaban J connectivity index is 2.72. The van der Waals surface area contributed by atoms with Crippen molar-refractivity contribution in [3.63, 3.8) is 0 Å². The van der Waals surface area contributed by atoms with Gasteiger partial charge in [-0.2, -0.15) is 0 Å². The fraction of sp³-hybridized carbons (Fsp3) is 0.846. The van der Waals surface area contributed by atoms with Gasteiger partial charge in [0, 0.05) is 12.1 Å². The number of rotatable bonds is 2. The molecular formula is C13H24N2O4. The maximum atomic E-state index is 12.0. The lowest BCUT2D eigenvalue weighted by atomic mass is 9.89. The topological polar surface area (TPSA) is 81.9 Å². The van der Waals surface area contributed by atoms with E-state index in [2.05, 4.69) is 4.74 Å². The van der Waals surface area contributed by atoms with Crippen molar-refractivity contribution in [3.05, 3.63) is 0 Å². The number of esters is 1. The Bertz CT molecular complexity index is 364. The van der Waals surface area contributed by atoms with Crippen molar-refractivity contribution in [2.45, 2.75) is 57.7 Å². The number of likely N-dealkylation sites (tertiary alicyclic amines) is 1. The third kappa shape index (κ3) is 3.83. The van der Waals surface area contributed by atoms with Crippen molar-refractivity contribution in [3.8, 4) is 0 Å². The maximum Gasteiger partial charge on any atom is 0.410 e. The van der Waals surface area contributed by atoms with Gasteiger partial charge >= 0.3 is 12.1 Å². The summed E-state index contributed by atoms with van der Waals surface area (Å²) in [7, 11) is 1.33. The van der Waals surface area contributed by atoms with Crippen molar-refractivity contribution < 1.29 is 19.1 Å². The van der Waals surface area contributed by atoms with Crippen LogP contribution in [0.25, 0.3) is 0 Å². The van der Waals surface area contributed by atoms with E-state index in [9.17, 15) is 9.59 Å². The Morgan fingerprint density at radius 2 is 2.00 bits per heavy atom. The zero-order valence-electron chi connectivity index (χ0n) is 12.4. The Hall–Kier alpha value is -1.30. The third-order valence-corrected chi connectivity index (χ3v) is 3.45. The molecule has 1 heterocycles. The molecule has 1 saturated heterocycles. The molecule has 0 aromatic rings. The van der Waals surface area contributed by atoms with Crippen molar-refractivity contribution >= 4 is 12.1 Å². The van der Waals surface area contributed by atoms with Crippen molar-refractivity contribution in [1.82, 2.24) is 4.90 Å². The first kappa shape index (κ1) is 15.8. The zero-order chi connectivity index (χ0) is 14.8.